The first-order valence-corrected chi connectivity index (χ1v) is 9.83. The van der Waals surface area contributed by atoms with Gasteiger partial charge in [-0.05, 0) is 49.6 Å². The molecule has 6 heteroatoms. The molecule has 142 valence electrons. The Morgan fingerprint density at radius 1 is 1.07 bits per heavy atom. The molecule has 6 nitrogen and oxygen atoms in total. The highest BCUT2D eigenvalue weighted by Crippen LogP contribution is 2.29. The van der Waals surface area contributed by atoms with Crippen molar-refractivity contribution >= 4 is 22.5 Å². The summed E-state index contributed by atoms with van der Waals surface area (Å²) in [7, 11) is 0. The molecule has 0 unspecified atom stereocenters. The van der Waals surface area contributed by atoms with Crippen LogP contribution in [0.2, 0.25) is 0 Å². The maximum absolute atomic E-state index is 12.9. The summed E-state index contributed by atoms with van der Waals surface area (Å²) in [5.74, 6) is 0.0761. The molecular formula is C22H22N4O2. The van der Waals surface area contributed by atoms with E-state index in [1.165, 1.54) is 12.8 Å². The highest BCUT2D eigenvalue weighted by molar-refractivity contribution is 6.00. The van der Waals surface area contributed by atoms with E-state index in [0.29, 0.717) is 11.1 Å². The van der Waals surface area contributed by atoms with Crippen molar-refractivity contribution in [2.75, 3.05) is 13.1 Å². The van der Waals surface area contributed by atoms with E-state index in [2.05, 4.69) is 10.1 Å². The first-order chi connectivity index (χ1) is 13.7. The lowest BCUT2D eigenvalue weighted by atomic mass is 10.1. The van der Waals surface area contributed by atoms with Crippen molar-refractivity contribution in [3.8, 4) is 11.4 Å². The summed E-state index contributed by atoms with van der Waals surface area (Å²) in [6.07, 6.45) is 8.40. The fourth-order valence-corrected chi connectivity index (χ4v) is 3.97. The Morgan fingerprint density at radius 3 is 2.71 bits per heavy atom. The van der Waals surface area contributed by atoms with Crippen molar-refractivity contribution in [1.29, 1.82) is 0 Å². The number of hydrogen-bond donors (Lipinski definition) is 0. The summed E-state index contributed by atoms with van der Waals surface area (Å²) in [6, 6.07) is 9.65. The fraction of sp³-hybridized carbons (Fsp3) is 0.318. The molecule has 4 heterocycles. The Kier molecular flexibility index (Phi) is 4.11. The number of hydrogen-bond acceptors (Lipinski definition) is 4. The van der Waals surface area contributed by atoms with Gasteiger partial charge in [0.05, 0.1) is 17.3 Å². The van der Waals surface area contributed by atoms with Gasteiger partial charge < -0.3 is 9.42 Å². The average Bonchev–Trinajstić information content (AvgIpc) is 3.20. The van der Waals surface area contributed by atoms with Crippen LogP contribution in [0.1, 0.15) is 41.6 Å². The minimum Gasteiger partial charge on any atom is -0.356 e. The van der Waals surface area contributed by atoms with Gasteiger partial charge in [-0.15, -0.1) is 0 Å². The number of nitrogens with zero attached hydrogens (tertiary/aromatic N) is 4. The van der Waals surface area contributed by atoms with Crippen molar-refractivity contribution < 1.29 is 9.32 Å². The molecule has 4 aromatic rings. The number of carbonyl (C=O) groups is 1. The van der Waals surface area contributed by atoms with Gasteiger partial charge in [-0.2, -0.15) is 0 Å². The molecule has 1 aromatic carbocycles. The van der Waals surface area contributed by atoms with E-state index in [9.17, 15) is 4.79 Å². The van der Waals surface area contributed by atoms with Crippen LogP contribution in [0.5, 0.6) is 0 Å². The minimum absolute atomic E-state index is 0.0761. The number of fused-ring (bicyclic) bond motifs is 2. The van der Waals surface area contributed by atoms with Crippen molar-refractivity contribution in [3.63, 3.8) is 0 Å². The summed E-state index contributed by atoms with van der Waals surface area (Å²) in [4.78, 5) is 19.3. The Balaban J connectivity index is 1.53. The molecule has 3 aromatic heterocycles. The van der Waals surface area contributed by atoms with E-state index < -0.39 is 0 Å². The third-order valence-electron chi connectivity index (χ3n) is 5.51. The summed E-state index contributed by atoms with van der Waals surface area (Å²) in [6.45, 7) is 3.71. The van der Waals surface area contributed by atoms with Crippen molar-refractivity contribution in [3.05, 3.63) is 53.9 Å². The van der Waals surface area contributed by atoms with Gasteiger partial charge in [-0.25, -0.2) is 4.98 Å². The predicted octanol–water partition coefficient (Wildman–Crippen LogP) is 4.47. The van der Waals surface area contributed by atoms with E-state index in [1.54, 1.807) is 0 Å². The number of pyridine rings is 1. The molecule has 1 amide bonds. The van der Waals surface area contributed by atoms with Crippen LogP contribution in [-0.2, 0) is 0 Å². The van der Waals surface area contributed by atoms with Crippen LogP contribution in [0.3, 0.4) is 0 Å². The molecule has 0 bridgehead atoms. The molecule has 0 aliphatic carbocycles. The van der Waals surface area contributed by atoms with Gasteiger partial charge in [-0.3, -0.25) is 9.20 Å². The summed E-state index contributed by atoms with van der Waals surface area (Å²) < 4.78 is 7.61. The van der Waals surface area contributed by atoms with Gasteiger partial charge in [-0.1, -0.05) is 24.1 Å². The second-order valence-corrected chi connectivity index (χ2v) is 7.53. The number of aromatic nitrogens is 3. The van der Waals surface area contributed by atoms with Crippen LogP contribution < -0.4 is 0 Å². The Bertz CT molecular complexity index is 1170. The smallest absolute Gasteiger partial charge is 0.253 e. The third kappa shape index (κ3) is 2.85. The lowest BCUT2D eigenvalue weighted by Crippen LogP contribution is -2.31. The molecule has 0 radical (unpaired) electrons. The molecule has 0 spiro atoms. The zero-order chi connectivity index (χ0) is 19.1. The molecule has 28 heavy (non-hydrogen) atoms. The van der Waals surface area contributed by atoms with Gasteiger partial charge >= 0.3 is 0 Å². The Morgan fingerprint density at radius 2 is 1.89 bits per heavy atom. The molecule has 5 rings (SSSR count). The maximum Gasteiger partial charge on any atom is 0.253 e. The largest absolute Gasteiger partial charge is 0.356 e. The first kappa shape index (κ1) is 17.0. The van der Waals surface area contributed by atoms with Crippen molar-refractivity contribution in [2.24, 2.45) is 0 Å². The number of imidazole rings is 1. The van der Waals surface area contributed by atoms with Gasteiger partial charge in [0, 0.05) is 24.8 Å². The molecule has 0 N–H and O–H groups in total. The number of rotatable bonds is 2. The second-order valence-electron chi connectivity index (χ2n) is 7.53. The van der Waals surface area contributed by atoms with E-state index in [1.807, 2.05) is 58.9 Å². The van der Waals surface area contributed by atoms with Crippen molar-refractivity contribution in [1.82, 2.24) is 19.4 Å². The van der Waals surface area contributed by atoms with Gasteiger partial charge in [0.1, 0.15) is 11.3 Å². The number of likely N-dealkylation sites (tertiary alicyclic amines) is 1. The molecule has 1 saturated heterocycles. The van der Waals surface area contributed by atoms with Gasteiger partial charge in [0.15, 0.2) is 5.58 Å². The predicted molar refractivity (Wildman–Crippen MR) is 107 cm³/mol. The topological polar surface area (TPSA) is 63.6 Å². The first-order valence-electron chi connectivity index (χ1n) is 9.83. The van der Waals surface area contributed by atoms with Crippen LogP contribution in [-0.4, -0.2) is 38.4 Å². The highest BCUT2D eigenvalue weighted by atomic mass is 16.5. The number of amides is 1. The second kappa shape index (κ2) is 6.78. The minimum atomic E-state index is 0.0761. The van der Waals surface area contributed by atoms with E-state index in [0.717, 1.165) is 53.9 Å². The molecule has 1 aliphatic heterocycles. The molecule has 0 atom stereocenters. The normalized spacial score (nSPS) is 15.2. The number of carbonyl (C=O) groups excluding carboxylic acids is 1. The van der Waals surface area contributed by atoms with E-state index in [-0.39, 0.29) is 5.91 Å². The van der Waals surface area contributed by atoms with Crippen LogP contribution in [0.4, 0.5) is 0 Å². The van der Waals surface area contributed by atoms with Crippen LogP contribution >= 0.6 is 0 Å². The third-order valence-corrected chi connectivity index (χ3v) is 5.51. The molecule has 0 saturated carbocycles. The highest BCUT2D eigenvalue weighted by Gasteiger charge is 2.20. The summed E-state index contributed by atoms with van der Waals surface area (Å²) >= 11 is 0. The van der Waals surface area contributed by atoms with Crippen LogP contribution in [0.15, 0.2) is 47.2 Å². The monoisotopic (exact) mass is 374 g/mol. The summed E-state index contributed by atoms with van der Waals surface area (Å²) in [5.41, 5.74) is 4.91. The zero-order valence-corrected chi connectivity index (χ0v) is 15.9. The zero-order valence-electron chi connectivity index (χ0n) is 15.9. The fourth-order valence-electron chi connectivity index (χ4n) is 3.97. The molecule has 1 fully saturated rings. The standard InChI is InChI=1S/C22H22N4O2/c1-15-6-9-20-23-13-18(26(20)14-15)21-17-8-7-16(12-19(17)28-24-21)22(27)25-10-4-2-3-5-11-25/h6-9,12-14H,2-5,10-11H2,1H3. The Labute approximate surface area is 162 Å². The van der Waals surface area contributed by atoms with E-state index >= 15 is 0 Å². The quantitative estimate of drug-likeness (QED) is 0.519. The van der Waals surface area contributed by atoms with Crippen LogP contribution in [0, 0.1) is 6.92 Å². The number of benzene rings is 1. The van der Waals surface area contributed by atoms with E-state index in [4.69, 9.17) is 4.52 Å². The Hall–Kier alpha value is -3.15. The molecule has 1 aliphatic rings. The van der Waals surface area contributed by atoms with Crippen molar-refractivity contribution in [2.45, 2.75) is 32.6 Å². The van der Waals surface area contributed by atoms with Crippen LogP contribution in [0.25, 0.3) is 28.0 Å². The summed E-state index contributed by atoms with van der Waals surface area (Å²) in [5, 5.41) is 5.17. The SMILES string of the molecule is Cc1ccc2ncc(-c3noc4cc(C(=O)N5CCCCCC5)ccc34)n2c1. The van der Waals surface area contributed by atoms with Gasteiger partial charge in [0.25, 0.3) is 5.91 Å². The molecular weight excluding hydrogens is 352 g/mol. The lowest BCUT2D eigenvalue weighted by Gasteiger charge is -2.20. The lowest BCUT2D eigenvalue weighted by molar-refractivity contribution is 0.0761. The van der Waals surface area contributed by atoms with Gasteiger partial charge in [0.2, 0.25) is 0 Å². The maximum atomic E-state index is 12.9. The average molecular weight is 374 g/mol. The number of aryl methyl sites for hydroxylation is 1.